The second kappa shape index (κ2) is 2.71. The van der Waals surface area contributed by atoms with Crippen molar-refractivity contribution in [1.29, 1.82) is 5.26 Å². The van der Waals surface area contributed by atoms with E-state index in [0.717, 1.165) is 16.3 Å². The smallest absolute Gasteiger partial charge is 0.0580 e. The summed E-state index contributed by atoms with van der Waals surface area (Å²) in [6.45, 7) is 0. The van der Waals surface area contributed by atoms with Gasteiger partial charge in [0.15, 0.2) is 0 Å². The summed E-state index contributed by atoms with van der Waals surface area (Å²) >= 11 is 0. The van der Waals surface area contributed by atoms with Crippen LogP contribution in [0.3, 0.4) is 0 Å². The fourth-order valence-corrected chi connectivity index (χ4v) is 0. The second-order valence-corrected chi connectivity index (χ2v) is 1.22. The van der Waals surface area contributed by atoms with Crippen molar-refractivity contribution in [3.63, 3.8) is 0 Å². The van der Waals surface area contributed by atoms with Gasteiger partial charge in [0.25, 0.3) is 0 Å². The van der Waals surface area contributed by atoms with Crippen molar-refractivity contribution in [2.24, 2.45) is 0 Å². The molecule has 0 saturated carbocycles. The predicted octanol–water partition coefficient (Wildman–Crippen LogP) is -0.706. The molecule has 2 heteroatoms. The van der Waals surface area contributed by atoms with Gasteiger partial charge < -0.3 is 0 Å². The standard InChI is InChI=1S/C2H5NSi/c3-1-2-4/h2H2,4H3. The fourth-order valence-electron chi connectivity index (χ4n) is 0. The molecular weight excluding hydrogens is 66.1 g/mol. The average Bonchev–Trinajstić information content (AvgIpc) is 1.37. The number of rotatable bonds is 0. The van der Waals surface area contributed by atoms with Gasteiger partial charge >= 0.3 is 0 Å². The number of hydrogen-bond donors (Lipinski definition) is 0. The fraction of sp³-hybridized carbons (Fsp3) is 0.500. The van der Waals surface area contributed by atoms with Crippen LogP contribution in [0, 0.1) is 11.3 Å². The van der Waals surface area contributed by atoms with Gasteiger partial charge in [0.1, 0.15) is 0 Å². The Hall–Kier alpha value is -0.293. The minimum absolute atomic E-state index is 0.764. The van der Waals surface area contributed by atoms with Gasteiger partial charge in [-0.1, -0.05) is 0 Å². The Kier molecular flexibility index (Phi) is 2.51. The predicted molar refractivity (Wildman–Crippen MR) is 20.4 cm³/mol. The number of hydrogen-bond acceptors (Lipinski definition) is 1. The van der Waals surface area contributed by atoms with Gasteiger partial charge in [-0.2, -0.15) is 5.26 Å². The SMILES string of the molecule is N#CC[SiH3]. The molecule has 0 aromatic heterocycles. The molecule has 0 aliphatic carbocycles. The molecule has 0 amide bonds. The highest BCUT2D eigenvalue weighted by molar-refractivity contribution is 6.10. The third kappa shape index (κ3) is 1.71. The van der Waals surface area contributed by atoms with Crippen molar-refractivity contribution < 1.29 is 0 Å². The monoisotopic (exact) mass is 71.0 g/mol. The van der Waals surface area contributed by atoms with E-state index in [2.05, 4.69) is 0 Å². The van der Waals surface area contributed by atoms with E-state index in [1.165, 1.54) is 0 Å². The minimum Gasteiger partial charge on any atom is -0.199 e. The molecule has 0 rings (SSSR count). The summed E-state index contributed by atoms with van der Waals surface area (Å²) in [5, 5.41) is 7.66. The molecule has 0 spiro atoms. The van der Waals surface area contributed by atoms with Crippen LogP contribution in [0.4, 0.5) is 0 Å². The molecule has 4 heavy (non-hydrogen) atoms. The Morgan fingerprint density at radius 3 is 2.25 bits per heavy atom. The van der Waals surface area contributed by atoms with E-state index in [0.29, 0.717) is 0 Å². The van der Waals surface area contributed by atoms with Gasteiger partial charge in [-0.25, -0.2) is 0 Å². The highest BCUT2D eigenvalue weighted by atomic mass is 28.1. The highest BCUT2D eigenvalue weighted by Crippen LogP contribution is 1.52. The summed E-state index contributed by atoms with van der Waals surface area (Å²) in [5.41, 5.74) is 0. The highest BCUT2D eigenvalue weighted by Gasteiger charge is 1.50. The molecule has 0 radical (unpaired) electrons. The van der Waals surface area contributed by atoms with Crippen LogP contribution in [0.2, 0.25) is 6.04 Å². The number of nitrogens with zero attached hydrogens (tertiary/aromatic N) is 1. The van der Waals surface area contributed by atoms with E-state index in [-0.39, 0.29) is 0 Å². The zero-order chi connectivity index (χ0) is 3.41. The van der Waals surface area contributed by atoms with Crippen molar-refractivity contribution in [1.82, 2.24) is 0 Å². The average molecular weight is 71.2 g/mol. The molecule has 0 saturated heterocycles. The van der Waals surface area contributed by atoms with E-state index in [1.807, 2.05) is 6.07 Å². The summed E-state index contributed by atoms with van der Waals surface area (Å²) < 4.78 is 0. The summed E-state index contributed by atoms with van der Waals surface area (Å²) in [4.78, 5) is 0. The molecule has 22 valence electrons. The normalized spacial score (nSPS) is 5.75. The summed E-state index contributed by atoms with van der Waals surface area (Å²) in [6, 6.07) is 2.76. The first-order valence-corrected chi connectivity index (χ1v) is 2.70. The Labute approximate surface area is 28.7 Å². The topological polar surface area (TPSA) is 23.8 Å². The summed E-state index contributed by atoms with van der Waals surface area (Å²) in [7, 11) is 1.03. The summed E-state index contributed by atoms with van der Waals surface area (Å²) in [6.07, 6.45) is 0. The second-order valence-electron chi connectivity index (χ2n) is 0.512. The van der Waals surface area contributed by atoms with Crippen LogP contribution in [-0.2, 0) is 0 Å². The first-order valence-electron chi connectivity index (χ1n) is 1.28. The maximum atomic E-state index is 7.66. The van der Waals surface area contributed by atoms with Crippen LogP contribution in [0.5, 0.6) is 0 Å². The lowest BCUT2D eigenvalue weighted by Crippen LogP contribution is -1.48. The molecular formula is C2H5NSi. The van der Waals surface area contributed by atoms with E-state index in [9.17, 15) is 0 Å². The molecule has 0 atom stereocenters. The van der Waals surface area contributed by atoms with E-state index in [1.54, 1.807) is 0 Å². The van der Waals surface area contributed by atoms with E-state index in [4.69, 9.17) is 5.26 Å². The van der Waals surface area contributed by atoms with Crippen LogP contribution in [0.15, 0.2) is 0 Å². The Morgan fingerprint density at radius 2 is 2.25 bits per heavy atom. The van der Waals surface area contributed by atoms with Crippen molar-refractivity contribution in [3.8, 4) is 6.07 Å². The molecule has 0 unspecified atom stereocenters. The van der Waals surface area contributed by atoms with Gasteiger partial charge in [0.05, 0.1) is 6.07 Å². The molecule has 0 N–H and O–H groups in total. The Morgan fingerprint density at radius 1 is 2.00 bits per heavy atom. The minimum atomic E-state index is 0.764. The van der Waals surface area contributed by atoms with Crippen LogP contribution in [0.25, 0.3) is 0 Å². The molecule has 0 aliphatic rings. The lowest BCUT2D eigenvalue weighted by Gasteiger charge is -1.46. The third-order valence-corrected chi connectivity index (χ3v) is 0.474. The molecule has 0 heterocycles. The van der Waals surface area contributed by atoms with Gasteiger partial charge in [-0.3, -0.25) is 0 Å². The molecule has 1 nitrogen and oxygen atoms in total. The Balaban J connectivity index is 2.43. The first kappa shape index (κ1) is 3.71. The molecule has 0 fully saturated rings. The molecule has 0 aromatic carbocycles. The van der Waals surface area contributed by atoms with Crippen LogP contribution in [0.1, 0.15) is 0 Å². The summed E-state index contributed by atoms with van der Waals surface area (Å²) in [5.74, 6) is 0. The van der Waals surface area contributed by atoms with Crippen LogP contribution in [-0.4, -0.2) is 10.2 Å². The van der Waals surface area contributed by atoms with Gasteiger partial charge in [-0.15, -0.1) is 0 Å². The zero-order valence-electron chi connectivity index (χ0n) is 2.65. The Bertz CT molecular complexity index is 35.8. The lowest BCUT2D eigenvalue weighted by molar-refractivity contribution is 1.48. The molecule has 0 aromatic rings. The third-order valence-electron chi connectivity index (χ3n) is 0.158. The quantitative estimate of drug-likeness (QED) is 0.346. The van der Waals surface area contributed by atoms with Crippen molar-refractivity contribution in [2.45, 2.75) is 6.04 Å². The zero-order valence-corrected chi connectivity index (χ0v) is 4.65. The maximum absolute atomic E-state index is 7.66. The largest absolute Gasteiger partial charge is 0.199 e. The molecule has 0 bridgehead atoms. The maximum Gasteiger partial charge on any atom is 0.0580 e. The van der Waals surface area contributed by atoms with E-state index < -0.39 is 0 Å². The van der Waals surface area contributed by atoms with Crippen LogP contribution >= 0.6 is 0 Å². The van der Waals surface area contributed by atoms with Gasteiger partial charge in [-0.05, 0) is 0 Å². The molecule has 0 aliphatic heterocycles. The lowest BCUT2D eigenvalue weighted by atomic mass is 10.9. The van der Waals surface area contributed by atoms with E-state index >= 15 is 0 Å². The van der Waals surface area contributed by atoms with Crippen molar-refractivity contribution in [2.75, 3.05) is 0 Å². The first-order chi connectivity index (χ1) is 1.91. The van der Waals surface area contributed by atoms with Crippen LogP contribution < -0.4 is 0 Å². The number of nitriles is 1. The van der Waals surface area contributed by atoms with Gasteiger partial charge in [0, 0.05) is 16.3 Å². The van der Waals surface area contributed by atoms with Crippen molar-refractivity contribution in [3.05, 3.63) is 0 Å². The van der Waals surface area contributed by atoms with Crippen molar-refractivity contribution >= 4 is 10.2 Å². The van der Waals surface area contributed by atoms with Gasteiger partial charge in [0.2, 0.25) is 0 Å².